The van der Waals surface area contributed by atoms with Crippen LogP contribution in [0.2, 0.25) is 0 Å². The number of rotatable bonds is 5. The zero-order chi connectivity index (χ0) is 10.7. The first kappa shape index (κ1) is 10.2. The van der Waals surface area contributed by atoms with E-state index in [2.05, 4.69) is 21.8 Å². The fraction of sp³-hybridized carbons (Fsp3) is 0.636. The second-order valence-corrected chi connectivity index (χ2v) is 4.19. The first-order valence-corrected chi connectivity index (χ1v) is 5.62. The molecule has 1 aliphatic carbocycles. The molecule has 0 atom stereocenters. The standard InChI is InChI=1S/C11H18N4/c1-2-5-15(8-9-3-4-9)11-7-13-10(12)6-14-11/h6-7,9H,2-5,8H2,1H3,(H2,12,13). The monoisotopic (exact) mass is 206 g/mol. The van der Waals surface area contributed by atoms with Crippen LogP contribution in [0.15, 0.2) is 12.4 Å². The lowest BCUT2D eigenvalue weighted by Crippen LogP contribution is -2.27. The number of nitrogens with zero attached hydrogens (tertiary/aromatic N) is 3. The first-order valence-electron chi connectivity index (χ1n) is 5.62. The molecule has 0 bridgehead atoms. The van der Waals surface area contributed by atoms with E-state index in [4.69, 9.17) is 5.73 Å². The molecule has 2 N–H and O–H groups in total. The van der Waals surface area contributed by atoms with Crippen molar-refractivity contribution in [3.63, 3.8) is 0 Å². The maximum Gasteiger partial charge on any atom is 0.147 e. The molecule has 0 aromatic carbocycles. The number of nitrogens with two attached hydrogens (primary N) is 1. The second-order valence-electron chi connectivity index (χ2n) is 4.19. The van der Waals surface area contributed by atoms with Crippen molar-refractivity contribution in [2.75, 3.05) is 23.7 Å². The summed E-state index contributed by atoms with van der Waals surface area (Å²) in [4.78, 5) is 10.7. The van der Waals surface area contributed by atoms with E-state index < -0.39 is 0 Å². The van der Waals surface area contributed by atoms with Crippen molar-refractivity contribution in [1.82, 2.24) is 9.97 Å². The van der Waals surface area contributed by atoms with Crippen LogP contribution in [0.4, 0.5) is 11.6 Å². The second kappa shape index (κ2) is 4.47. The molecule has 2 rings (SSSR count). The van der Waals surface area contributed by atoms with Gasteiger partial charge in [-0.05, 0) is 25.2 Å². The molecular formula is C11H18N4. The van der Waals surface area contributed by atoms with Gasteiger partial charge in [0.1, 0.15) is 11.6 Å². The fourth-order valence-corrected chi connectivity index (χ4v) is 1.68. The molecule has 1 aromatic rings. The van der Waals surface area contributed by atoms with Gasteiger partial charge in [0, 0.05) is 13.1 Å². The third-order valence-corrected chi connectivity index (χ3v) is 2.65. The third-order valence-electron chi connectivity index (χ3n) is 2.65. The van der Waals surface area contributed by atoms with Gasteiger partial charge in [0.2, 0.25) is 0 Å². The van der Waals surface area contributed by atoms with Gasteiger partial charge in [-0.15, -0.1) is 0 Å². The molecule has 4 nitrogen and oxygen atoms in total. The maximum atomic E-state index is 5.52. The van der Waals surface area contributed by atoms with E-state index in [1.807, 2.05) is 0 Å². The number of anilines is 2. The molecule has 0 amide bonds. The predicted octanol–water partition coefficient (Wildman–Crippen LogP) is 1.69. The van der Waals surface area contributed by atoms with Crippen LogP contribution in [0, 0.1) is 5.92 Å². The molecule has 1 fully saturated rings. The first-order chi connectivity index (χ1) is 7.29. The SMILES string of the molecule is CCCN(CC1CC1)c1cnc(N)cn1. The molecule has 1 aromatic heterocycles. The van der Waals surface area contributed by atoms with Gasteiger partial charge in [-0.2, -0.15) is 0 Å². The van der Waals surface area contributed by atoms with E-state index in [0.717, 1.165) is 31.2 Å². The summed E-state index contributed by atoms with van der Waals surface area (Å²) in [5.41, 5.74) is 5.52. The summed E-state index contributed by atoms with van der Waals surface area (Å²) >= 11 is 0. The third kappa shape index (κ3) is 2.81. The Morgan fingerprint density at radius 2 is 2.20 bits per heavy atom. The predicted molar refractivity (Wildman–Crippen MR) is 61.7 cm³/mol. The highest BCUT2D eigenvalue weighted by atomic mass is 15.2. The minimum atomic E-state index is 0.488. The molecule has 82 valence electrons. The Morgan fingerprint density at radius 3 is 2.73 bits per heavy atom. The smallest absolute Gasteiger partial charge is 0.147 e. The van der Waals surface area contributed by atoms with E-state index in [0.29, 0.717) is 5.82 Å². The molecule has 0 radical (unpaired) electrons. The van der Waals surface area contributed by atoms with Gasteiger partial charge in [0.15, 0.2) is 0 Å². The lowest BCUT2D eigenvalue weighted by Gasteiger charge is -2.22. The van der Waals surface area contributed by atoms with Crippen molar-refractivity contribution < 1.29 is 0 Å². The summed E-state index contributed by atoms with van der Waals surface area (Å²) in [6.07, 6.45) is 7.27. The van der Waals surface area contributed by atoms with Crippen LogP contribution in [0.5, 0.6) is 0 Å². The van der Waals surface area contributed by atoms with Gasteiger partial charge in [0.25, 0.3) is 0 Å². The van der Waals surface area contributed by atoms with E-state index in [9.17, 15) is 0 Å². The van der Waals surface area contributed by atoms with Crippen LogP contribution in [-0.4, -0.2) is 23.1 Å². The van der Waals surface area contributed by atoms with Crippen molar-refractivity contribution in [3.05, 3.63) is 12.4 Å². The van der Waals surface area contributed by atoms with Gasteiger partial charge < -0.3 is 10.6 Å². The molecular weight excluding hydrogens is 188 g/mol. The Kier molecular flexibility index (Phi) is 3.04. The van der Waals surface area contributed by atoms with Gasteiger partial charge in [-0.3, -0.25) is 0 Å². The minimum Gasteiger partial charge on any atom is -0.382 e. The van der Waals surface area contributed by atoms with Crippen LogP contribution in [0.25, 0.3) is 0 Å². The summed E-state index contributed by atoms with van der Waals surface area (Å²) < 4.78 is 0. The highest BCUT2D eigenvalue weighted by molar-refractivity contribution is 5.39. The van der Waals surface area contributed by atoms with Crippen LogP contribution in [0.3, 0.4) is 0 Å². The Bertz CT molecular complexity index is 305. The molecule has 0 aliphatic heterocycles. The van der Waals surface area contributed by atoms with E-state index >= 15 is 0 Å². The van der Waals surface area contributed by atoms with Crippen molar-refractivity contribution in [2.45, 2.75) is 26.2 Å². The average Bonchev–Trinajstić information content (AvgIpc) is 3.02. The molecule has 15 heavy (non-hydrogen) atoms. The van der Waals surface area contributed by atoms with E-state index in [1.165, 1.54) is 12.8 Å². The quantitative estimate of drug-likeness (QED) is 0.796. The molecule has 4 heteroatoms. The van der Waals surface area contributed by atoms with Crippen LogP contribution < -0.4 is 10.6 Å². The molecule has 0 spiro atoms. The number of hydrogen-bond donors (Lipinski definition) is 1. The normalized spacial score (nSPS) is 15.3. The van der Waals surface area contributed by atoms with Crippen molar-refractivity contribution in [2.24, 2.45) is 5.92 Å². The van der Waals surface area contributed by atoms with Crippen LogP contribution >= 0.6 is 0 Å². The fourth-order valence-electron chi connectivity index (χ4n) is 1.68. The largest absolute Gasteiger partial charge is 0.382 e. The molecule has 0 saturated heterocycles. The summed E-state index contributed by atoms with van der Waals surface area (Å²) in [5, 5.41) is 0. The van der Waals surface area contributed by atoms with E-state index in [-0.39, 0.29) is 0 Å². The van der Waals surface area contributed by atoms with Gasteiger partial charge in [0.05, 0.1) is 12.4 Å². The lowest BCUT2D eigenvalue weighted by molar-refractivity contribution is 0.697. The summed E-state index contributed by atoms with van der Waals surface area (Å²) in [7, 11) is 0. The van der Waals surface area contributed by atoms with Crippen molar-refractivity contribution in [3.8, 4) is 0 Å². The highest BCUT2D eigenvalue weighted by Gasteiger charge is 2.24. The number of nitrogen functional groups attached to an aromatic ring is 1. The highest BCUT2D eigenvalue weighted by Crippen LogP contribution is 2.30. The number of aromatic nitrogens is 2. The van der Waals surface area contributed by atoms with Gasteiger partial charge in [-0.1, -0.05) is 6.92 Å². The van der Waals surface area contributed by atoms with Crippen LogP contribution in [0.1, 0.15) is 26.2 Å². The van der Waals surface area contributed by atoms with E-state index in [1.54, 1.807) is 12.4 Å². The van der Waals surface area contributed by atoms with Gasteiger partial charge >= 0.3 is 0 Å². The summed E-state index contributed by atoms with van der Waals surface area (Å²) in [5.74, 6) is 2.32. The number of hydrogen-bond acceptors (Lipinski definition) is 4. The summed E-state index contributed by atoms with van der Waals surface area (Å²) in [6.45, 7) is 4.35. The Labute approximate surface area is 90.5 Å². The molecule has 1 aliphatic rings. The van der Waals surface area contributed by atoms with Crippen LogP contribution in [-0.2, 0) is 0 Å². The topological polar surface area (TPSA) is 55.0 Å². The van der Waals surface area contributed by atoms with Crippen molar-refractivity contribution >= 4 is 11.6 Å². The molecule has 0 unspecified atom stereocenters. The van der Waals surface area contributed by atoms with Gasteiger partial charge in [-0.25, -0.2) is 9.97 Å². The summed E-state index contributed by atoms with van der Waals surface area (Å²) in [6, 6.07) is 0. The Morgan fingerprint density at radius 1 is 1.40 bits per heavy atom. The maximum absolute atomic E-state index is 5.52. The average molecular weight is 206 g/mol. The molecule has 1 saturated carbocycles. The minimum absolute atomic E-state index is 0.488. The lowest BCUT2D eigenvalue weighted by atomic mass is 10.3. The Hall–Kier alpha value is -1.32. The van der Waals surface area contributed by atoms with Crippen molar-refractivity contribution in [1.29, 1.82) is 0 Å². The Balaban J connectivity index is 2.04. The molecule has 1 heterocycles. The zero-order valence-electron chi connectivity index (χ0n) is 9.19. The zero-order valence-corrected chi connectivity index (χ0v) is 9.19.